The van der Waals surface area contributed by atoms with Crippen LogP contribution in [0.15, 0.2) is 30.5 Å². The molecule has 7 N–H and O–H groups in total. The van der Waals surface area contributed by atoms with E-state index in [1.54, 1.807) is 6.20 Å². The van der Waals surface area contributed by atoms with Crippen molar-refractivity contribution in [2.45, 2.75) is 36.5 Å². The topological polar surface area (TPSA) is 155 Å². The summed E-state index contributed by atoms with van der Waals surface area (Å²) in [7, 11) is 0. The molecule has 2 heterocycles. The Balaban J connectivity index is 1.85. The largest absolute Gasteiger partial charge is 0.480 e. The van der Waals surface area contributed by atoms with E-state index in [-0.39, 0.29) is 13.0 Å². The standard InChI is InChI=1S/C17H22N2O7/c20-8-17(15(23)14(22)13(21)7-26-17)19-12(16(24)25)5-9-6-18-11-4-2-1-3-10(9)11/h1-4,6,12-15,18-23H,5,7-8H2,(H,24,25)/t12-,13+,14+,15-,17?/m0/s1. The number of para-hydroxylation sites is 1. The number of aliphatic carboxylic acids is 1. The normalized spacial score (nSPS) is 30.4. The summed E-state index contributed by atoms with van der Waals surface area (Å²) in [6, 6.07) is 6.20. The molecule has 0 bridgehead atoms. The van der Waals surface area contributed by atoms with E-state index >= 15 is 0 Å². The number of carbonyl (C=O) groups is 1. The first-order chi connectivity index (χ1) is 12.4. The summed E-state index contributed by atoms with van der Waals surface area (Å²) in [5.74, 6) is -1.21. The fourth-order valence-electron chi connectivity index (χ4n) is 3.23. The number of rotatable bonds is 6. The van der Waals surface area contributed by atoms with Gasteiger partial charge in [-0.05, 0) is 11.6 Å². The molecule has 2 aromatic rings. The van der Waals surface area contributed by atoms with Gasteiger partial charge in [0.1, 0.15) is 24.4 Å². The van der Waals surface area contributed by atoms with Crippen LogP contribution >= 0.6 is 0 Å². The molecule has 1 aliphatic rings. The molecular weight excluding hydrogens is 344 g/mol. The number of hydrogen-bond donors (Lipinski definition) is 7. The number of aromatic nitrogens is 1. The molecule has 1 aromatic heterocycles. The number of nitrogens with one attached hydrogen (secondary N) is 2. The third-order valence-electron chi connectivity index (χ3n) is 4.76. The molecule has 1 unspecified atom stereocenters. The predicted octanol–water partition coefficient (Wildman–Crippen LogP) is -1.45. The number of hydrogen-bond acceptors (Lipinski definition) is 7. The van der Waals surface area contributed by atoms with Crippen LogP contribution in [0.25, 0.3) is 10.9 Å². The zero-order valence-corrected chi connectivity index (χ0v) is 13.9. The first-order valence-electron chi connectivity index (χ1n) is 8.22. The van der Waals surface area contributed by atoms with Crippen LogP contribution < -0.4 is 5.32 Å². The summed E-state index contributed by atoms with van der Waals surface area (Å²) in [5.41, 5.74) is -0.302. The molecule has 0 aliphatic carbocycles. The molecule has 3 rings (SSSR count). The number of benzene rings is 1. The van der Waals surface area contributed by atoms with Crippen LogP contribution in [0.3, 0.4) is 0 Å². The van der Waals surface area contributed by atoms with Gasteiger partial charge >= 0.3 is 5.97 Å². The van der Waals surface area contributed by atoms with Crippen molar-refractivity contribution in [3.63, 3.8) is 0 Å². The Morgan fingerprint density at radius 1 is 1.35 bits per heavy atom. The lowest BCUT2D eigenvalue weighted by molar-refractivity contribution is -0.261. The zero-order chi connectivity index (χ0) is 18.9. The molecule has 0 spiro atoms. The van der Waals surface area contributed by atoms with Gasteiger partial charge in [0.25, 0.3) is 0 Å². The van der Waals surface area contributed by atoms with Crippen LogP contribution in [0.4, 0.5) is 0 Å². The minimum atomic E-state index is -1.90. The molecular formula is C17H22N2O7. The average Bonchev–Trinajstić information content (AvgIpc) is 3.04. The molecule has 5 atom stereocenters. The maximum atomic E-state index is 11.7. The van der Waals surface area contributed by atoms with Gasteiger partial charge in [0.15, 0.2) is 5.72 Å². The Morgan fingerprint density at radius 2 is 2.08 bits per heavy atom. The van der Waals surface area contributed by atoms with E-state index in [0.29, 0.717) is 0 Å². The van der Waals surface area contributed by atoms with E-state index in [9.17, 15) is 30.3 Å². The van der Waals surface area contributed by atoms with Gasteiger partial charge in [0, 0.05) is 23.5 Å². The molecule has 142 valence electrons. The molecule has 0 radical (unpaired) electrons. The van der Waals surface area contributed by atoms with Crippen molar-refractivity contribution in [2.24, 2.45) is 0 Å². The van der Waals surface area contributed by atoms with E-state index in [2.05, 4.69) is 10.3 Å². The Bertz CT molecular complexity index is 779. The summed E-state index contributed by atoms with van der Waals surface area (Å²) in [6.45, 7) is -1.14. The van der Waals surface area contributed by atoms with Gasteiger partial charge in [0.05, 0.1) is 13.2 Å². The number of aliphatic hydroxyl groups is 4. The van der Waals surface area contributed by atoms with Crippen LogP contribution in [0, 0.1) is 0 Å². The molecule has 0 amide bonds. The van der Waals surface area contributed by atoms with Gasteiger partial charge in [-0.15, -0.1) is 0 Å². The summed E-state index contributed by atoms with van der Waals surface area (Å²) >= 11 is 0. The highest BCUT2D eigenvalue weighted by Crippen LogP contribution is 2.26. The van der Waals surface area contributed by atoms with Gasteiger partial charge in [-0.3, -0.25) is 10.1 Å². The minimum Gasteiger partial charge on any atom is -0.480 e. The fraction of sp³-hybridized carbons (Fsp3) is 0.471. The molecule has 1 aliphatic heterocycles. The Kier molecular flexibility index (Phi) is 5.28. The maximum absolute atomic E-state index is 11.7. The Hall–Kier alpha value is -2.01. The van der Waals surface area contributed by atoms with Crippen LogP contribution in [-0.2, 0) is 16.0 Å². The quantitative estimate of drug-likeness (QED) is 0.328. The van der Waals surface area contributed by atoms with Crippen LogP contribution in [0.1, 0.15) is 5.56 Å². The first kappa shape index (κ1) is 18.8. The van der Waals surface area contributed by atoms with Crippen LogP contribution in [0.5, 0.6) is 0 Å². The molecule has 1 saturated heterocycles. The number of fused-ring (bicyclic) bond motifs is 1. The highest BCUT2D eigenvalue weighted by atomic mass is 16.6. The van der Waals surface area contributed by atoms with Gasteiger partial charge in [-0.1, -0.05) is 18.2 Å². The lowest BCUT2D eigenvalue weighted by Crippen LogP contribution is -2.71. The van der Waals surface area contributed by atoms with Crippen molar-refractivity contribution in [3.8, 4) is 0 Å². The van der Waals surface area contributed by atoms with Crippen molar-refractivity contribution in [3.05, 3.63) is 36.0 Å². The molecule has 9 nitrogen and oxygen atoms in total. The lowest BCUT2D eigenvalue weighted by Gasteiger charge is -2.45. The monoisotopic (exact) mass is 366 g/mol. The van der Waals surface area contributed by atoms with Crippen molar-refractivity contribution in [2.75, 3.05) is 13.2 Å². The van der Waals surface area contributed by atoms with E-state index in [4.69, 9.17) is 4.74 Å². The number of aliphatic hydroxyl groups excluding tert-OH is 4. The summed E-state index contributed by atoms with van der Waals surface area (Å²) in [5, 5.41) is 52.5. The second-order valence-corrected chi connectivity index (χ2v) is 6.46. The molecule has 9 heteroatoms. The maximum Gasteiger partial charge on any atom is 0.321 e. The molecule has 1 fully saturated rings. The number of carboxylic acids is 1. The molecule has 1 aromatic carbocycles. The summed E-state index contributed by atoms with van der Waals surface area (Å²) in [6.07, 6.45) is -2.86. The number of ether oxygens (including phenoxy) is 1. The highest BCUT2D eigenvalue weighted by Gasteiger charge is 2.50. The Morgan fingerprint density at radius 3 is 2.77 bits per heavy atom. The van der Waals surface area contributed by atoms with Crippen molar-refractivity contribution in [1.29, 1.82) is 0 Å². The van der Waals surface area contributed by atoms with Crippen LogP contribution in [0.2, 0.25) is 0 Å². The predicted molar refractivity (Wildman–Crippen MR) is 90.4 cm³/mol. The smallest absolute Gasteiger partial charge is 0.321 e. The highest BCUT2D eigenvalue weighted by molar-refractivity contribution is 5.84. The SMILES string of the molecule is O=C(O)[C@H](Cc1c[nH]c2ccccc12)NC1(CO)OC[C@@H](O)[C@@H](O)[C@@H]1O. The van der Waals surface area contributed by atoms with Crippen molar-refractivity contribution < 1.29 is 35.1 Å². The number of carboxylic acid groups (broad SMARTS) is 1. The second-order valence-electron chi connectivity index (χ2n) is 6.46. The Labute approximate surface area is 148 Å². The van der Waals surface area contributed by atoms with E-state index in [1.807, 2.05) is 24.3 Å². The van der Waals surface area contributed by atoms with Gasteiger partial charge in [0.2, 0.25) is 0 Å². The van der Waals surface area contributed by atoms with E-state index in [1.165, 1.54) is 0 Å². The van der Waals surface area contributed by atoms with Gasteiger partial charge < -0.3 is 35.3 Å². The third kappa shape index (κ3) is 3.32. The van der Waals surface area contributed by atoms with E-state index in [0.717, 1.165) is 16.5 Å². The van der Waals surface area contributed by atoms with Crippen molar-refractivity contribution >= 4 is 16.9 Å². The number of H-pyrrole nitrogens is 1. The minimum absolute atomic E-state index is 0.0514. The van der Waals surface area contributed by atoms with Crippen molar-refractivity contribution in [1.82, 2.24) is 10.3 Å². The summed E-state index contributed by atoms with van der Waals surface area (Å²) in [4.78, 5) is 14.8. The lowest BCUT2D eigenvalue weighted by atomic mass is 9.93. The third-order valence-corrected chi connectivity index (χ3v) is 4.76. The molecule has 26 heavy (non-hydrogen) atoms. The van der Waals surface area contributed by atoms with Gasteiger partial charge in [-0.25, -0.2) is 0 Å². The van der Waals surface area contributed by atoms with E-state index < -0.39 is 42.7 Å². The zero-order valence-electron chi connectivity index (χ0n) is 13.9. The first-order valence-corrected chi connectivity index (χ1v) is 8.22. The second kappa shape index (κ2) is 7.31. The van der Waals surface area contributed by atoms with Gasteiger partial charge in [-0.2, -0.15) is 0 Å². The fourth-order valence-corrected chi connectivity index (χ4v) is 3.23. The van der Waals surface area contributed by atoms with Crippen LogP contribution in [-0.4, -0.2) is 79.8 Å². The average molecular weight is 366 g/mol. The number of aromatic amines is 1. The molecule has 0 saturated carbocycles. The summed E-state index contributed by atoms with van der Waals surface area (Å²) < 4.78 is 5.30.